The fraction of sp³-hybridized carbons (Fsp3) is 0.385. The van der Waals surface area contributed by atoms with Crippen molar-refractivity contribution in [2.24, 2.45) is 5.92 Å². The van der Waals surface area contributed by atoms with E-state index in [0.29, 0.717) is 6.42 Å². The molecule has 0 saturated carbocycles. The first-order chi connectivity index (χ1) is 8.21. The molecule has 1 amide bonds. The summed E-state index contributed by atoms with van der Waals surface area (Å²) >= 11 is 1.75. The van der Waals surface area contributed by atoms with Gasteiger partial charge in [-0.05, 0) is 36.4 Å². The summed E-state index contributed by atoms with van der Waals surface area (Å²) in [6.45, 7) is 3.92. The molecule has 0 aromatic heterocycles. The Morgan fingerprint density at radius 1 is 1.41 bits per heavy atom. The third-order valence-corrected chi connectivity index (χ3v) is 3.21. The molecule has 1 atom stereocenters. The van der Waals surface area contributed by atoms with E-state index in [0.717, 1.165) is 11.4 Å². The predicted octanol–water partition coefficient (Wildman–Crippen LogP) is 3.29. The Labute approximate surface area is 106 Å². The molecule has 17 heavy (non-hydrogen) atoms. The van der Waals surface area contributed by atoms with Gasteiger partial charge in [0.2, 0.25) is 5.91 Å². The van der Waals surface area contributed by atoms with E-state index in [-0.39, 0.29) is 5.91 Å². The number of nitriles is 1. The summed E-state index contributed by atoms with van der Waals surface area (Å²) in [4.78, 5) is 12.8. The lowest BCUT2D eigenvalue weighted by molar-refractivity contribution is -0.118. The van der Waals surface area contributed by atoms with E-state index in [1.165, 1.54) is 4.90 Å². The van der Waals surface area contributed by atoms with Gasteiger partial charge in [0.15, 0.2) is 0 Å². The lowest BCUT2D eigenvalue weighted by Gasteiger charge is -2.08. The fourth-order valence-electron chi connectivity index (χ4n) is 1.37. The van der Waals surface area contributed by atoms with E-state index in [1.807, 2.05) is 37.3 Å². The fourth-order valence-corrected chi connectivity index (χ4v) is 2.03. The minimum absolute atomic E-state index is 0.231. The molecule has 0 heterocycles. The SMILES string of the molecule is CCSc1ccc(NC(=O)C(C#N)CC)cc1. The van der Waals surface area contributed by atoms with Crippen LogP contribution < -0.4 is 5.32 Å². The van der Waals surface area contributed by atoms with Crippen molar-refractivity contribution >= 4 is 23.4 Å². The Bertz CT molecular complexity index is 408. The molecule has 4 heteroatoms. The quantitative estimate of drug-likeness (QED) is 0.813. The molecule has 1 N–H and O–H groups in total. The number of thioether (sulfide) groups is 1. The third kappa shape index (κ3) is 4.12. The van der Waals surface area contributed by atoms with Crippen molar-refractivity contribution in [2.75, 3.05) is 11.1 Å². The van der Waals surface area contributed by atoms with Crippen molar-refractivity contribution in [3.8, 4) is 6.07 Å². The molecule has 0 aliphatic heterocycles. The lowest BCUT2D eigenvalue weighted by atomic mass is 10.1. The minimum atomic E-state index is -0.570. The van der Waals surface area contributed by atoms with E-state index in [9.17, 15) is 4.79 Å². The number of nitrogens with one attached hydrogen (secondary N) is 1. The average Bonchev–Trinajstić information content (AvgIpc) is 2.33. The van der Waals surface area contributed by atoms with E-state index < -0.39 is 5.92 Å². The predicted molar refractivity (Wildman–Crippen MR) is 70.9 cm³/mol. The number of rotatable bonds is 5. The maximum absolute atomic E-state index is 11.6. The second-order valence-corrected chi connectivity index (χ2v) is 4.87. The van der Waals surface area contributed by atoms with Crippen LogP contribution in [0.2, 0.25) is 0 Å². The number of carbonyl (C=O) groups is 1. The smallest absolute Gasteiger partial charge is 0.241 e. The molecule has 0 fully saturated rings. The van der Waals surface area contributed by atoms with Crippen LogP contribution in [0.5, 0.6) is 0 Å². The zero-order chi connectivity index (χ0) is 12.7. The van der Waals surface area contributed by atoms with Crippen LogP contribution in [0.4, 0.5) is 5.69 Å². The van der Waals surface area contributed by atoms with Gasteiger partial charge in [0.25, 0.3) is 0 Å². The van der Waals surface area contributed by atoms with Gasteiger partial charge in [-0.25, -0.2) is 0 Å². The summed E-state index contributed by atoms with van der Waals surface area (Å²) < 4.78 is 0. The average molecular weight is 248 g/mol. The minimum Gasteiger partial charge on any atom is -0.325 e. The van der Waals surface area contributed by atoms with Crippen LogP contribution in [0.25, 0.3) is 0 Å². The van der Waals surface area contributed by atoms with Gasteiger partial charge in [-0.1, -0.05) is 13.8 Å². The summed E-state index contributed by atoms with van der Waals surface area (Å²) in [5.74, 6) is 0.225. The number of hydrogen-bond donors (Lipinski definition) is 1. The van der Waals surface area contributed by atoms with Crippen LogP contribution in [0.3, 0.4) is 0 Å². The summed E-state index contributed by atoms with van der Waals surface area (Å²) in [7, 11) is 0. The molecule has 3 nitrogen and oxygen atoms in total. The van der Waals surface area contributed by atoms with Crippen LogP contribution in [0.15, 0.2) is 29.2 Å². The number of benzene rings is 1. The molecule has 0 saturated heterocycles. The van der Waals surface area contributed by atoms with Crippen molar-refractivity contribution in [3.63, 3.8) is 0 Å². The highest BCUT2D eigenvalue weighted by Crippen LogP contribution is 2.20. The largest absolute Gasteiger partial charge is 0.325 e. The van der Waals surface area contributed by atoms with Crippen molar-refractivity contribution in [1.29, 1.82) is 5.26 Å². The number of amides is 1. The van der Waals surface area contributed by atoms with Gasteiger partial charge in [-0.15, -0.1) is 11.8 Å². The van der Waals surface area contributed by atoms with E-state index in [2.05, 4.69) is 12.2 Å². The Morgan fingerprint density at radius 3 is 2.53 bits per heavy atom. The highest BCUT2D eigenvalue weighted by atomic mass is 32.2. The first kappa shape index (κ1) is 13.6. The molecule has 0 radical (unpaired) electrons. The molecule has 90 valence electrons. The van der Waals surface area contributed by atoms with Gasteiger partial charge in [0, 0.05) is 10.6 Å². The van der Waals surface area contributed by atoms with Crippen molar-refractivity contribution in [2.45, 2.75) is 25.2 Å². The Kier molecular flexibility index (Phi) is 5.58. The molecule has 0 aliphatic carbocycles. The van der Waals surface area contributed by atoms with Crippen LogP contribution in [0, 0.1) is 17.2 Å². The molecule has 0 bridgehead atoms. The molecule has 0 aliphatic rings. The lowest BCUT2D eigenvalue weighted by Crippen LogP contribution is -2.20. The van der Waals surface area contributed by atoms with Crippen LogP contribution in [-0.2, 0) is 4.79 Å². The Balaban J connectivity index is 2.63. The zero-order valence-corrected chi connectivity index (χ0v) is 10.9. The third-order valence-electron chi connectivity index (χ3n) is 2.31. The van der Waals surface area contributed by atoms with Crippen LogP contribution >= 0.6 is 11.8 Å². The number of nitrogens with zero attached hydrogens (tertiary/aromatic N) is 1. The standard InChI is InChI=1S/C13H16N2OS/c1-3-10(9-14)13(16)15-11-5-7-12(8-6-11)17-4-2/h5-8,10H,3-4H2,1-2H3,(H,15,16). The van der Waals surface area contributed by atoms with Gasteiger partial charge < -0.3 is 5.32 Å². The first-order valence-corrected chi connectivity index (χ1v) is 6.63. The number of hydrogen-bond acceptors (Lipinski definition) is 3. The maximum atomic E-state index is 11.6. The Morgan fingerprint density at radius 2 is 2.06 bits per heavy atom. The Hall–Kier alpha value is -1.47. The molecular formula is C13H16N2OS. The van der Waals surface area contributed by atoms with Crippen LogP contribution in [0.1, 0.15) is 20.3 Å². The molecule has 1 aromatic rings. The topological polar surface area (TPSA) is 52.9 Å². The highest BCUT2D eigenvalue weighted by Gasteiger charge is 2.15. The van der Waals surface area contributed by atoms with Gasteiger partial charge in [-0.3, -0.25) is 4.79 Å². The van der Waals surface area contributed by atoms with E-state index in [4.69, 9.17) is 5.26 Å². The molecule has 1 unspecified atom stereocenters. The zero-order valence-electron chi connectivity index (χ0n) is 10.1. The summed E-state index contributed by atoms with van der Waals surface area (Å²) in [6.07, 6.45) is 0.534. The van der Waals surface area contributed by atoms with Crippen molar-refractivity contribution in [3.05, 3.63) is 24.3 Å². The van der Waals surface area contributed by atoms with Crippen molar-refractivity contribution in [1.82, 2.24) is 0 Å². The van der Waals surface area contributed by atoms with E-state index >= 15 is 0 Å². The summed E-state index contributed by atoms with van der Waals surface area (Å²) in [6, 6.07) is 9.65. The van der Waals surface area contributed by atoms with E-state index in [1.54, 1.807) is 11.8 Å². The monoisotopic (exact) mass is 248 g/mol. The highest BCUT2D eigenvalue weighted by molar-refractivity contribution is 7.99. The molecule has 1 aromatic carbocycles. The van der Waals surface area contributed by atoms with Gasteiger partial charge in [-0.2, -0.15) is 5.26 Å². The number of anilines is 1. The van der Waals surface area contributed by atoms with Crippen molar-refractivity contribution < 1.29 is 4.79 Å². The summed E-state index contributed by atoms with van der Waals surface area (Å²) in [5, 5.41) is 11.5. The second-order valence-electron chi connectivity index (χ2n) is 3.54. The molecule has 0 spiro atoms. The number of carbonyl (C=O) groups excluding carboxylic acids is 1. The van der Waals surface area contributed by atoms with Gasteiger partial charge in [0.05, 0.1) is 6.07 Å². The van der Waals surface area contributed by atoms with Crippen LogP contribution in [-0.4, -0.2) is 11.7 Å². The first-order valence-electron chi connectivity index (χ1n) is 5.64. The van der Waals surface area contributed by atoms with Gasteiger partial charge in [0.1, 0.15) is 5.92 Å². The normalized spacial score (nSPS) is 11.6. The second kappa shape index (κ2) is 6.97. The molecule has 1 rings (SSSR count). The maximum Gasteiger partial charge on any atom is 0.241 e. The summed E-state index contributed by atoms with van der Waals surface area (Å²) in [5.41, 5.74) is 0.740. The van der Waals surface area contributed by atoms with Gasteiger partial charge >= 0.3 is 0 Å². The molecular weight excluding hydrogens is 232 g/mol.